The molecule has 126 valence electrons. The van der Waals surface area contributed by atoms with E-state index in [0.717, 1.165) is 0 Å². The molecule has 0 heterocycles. The summed E-state index contributed by atoms with van der Waals surface area (Å²) in [4.78, 5) is 0. The summed E-state index contributed by atoms with van der Waals surface area (Å²) in [7, 11) is -7.92. The van der Waals surface area contributed by atoms with Crippen LogP contribution in [0.25, 0.3) is 0 Å². The molecule has 0 aliphatic carbocycles. The van der Waals surface area contributed by atoms with Crippen molar-refractivity contribution in [1.82, 2.24) is 0 Å². The van der Waals surface area contributed by atoms with Crippen molar-refractivity contribution >= 4 is 15.2 Å². The second-order valence-corrected chi connectivity index (χ2v) is 8.20. The second kappa shape index (κ2) is 10.1. The minimum absolute atomic E-state index is 0.0151. The Morgan fingerprint density at radius 1 is 0.727 bits per heavy atom. The van der Waals surface area contributed by atoms with E-state index in [1.54, 1.807) is 39.8 Å². The summed E-state index contributed by atoms with van der Waals surface area (Å²) in [6.07, 6.45) is 0. The smallest absolute Gasteiger partial charge is 0.308 e. The van der Waals surface area contributed by atoms with Gasteiger partial charge in [-0.3, -0.25) is 9.13 Å². The zero-order valence-corrected chi connectivity index (χ0v) is 15.0. The molecule has 22 heavy (non-hydrogen) atoms. The van der Waals surface area contributed by atoms with Crippen LogP contribution in [0.1, 0.15) is 27.7 Å². The van der Waals surface area contributed by atoms with Gasteiger partial charge in [-0.25, -0.2) is 0 Å². The monoisotopic (exact) mass is 352 g/mol. The maximum atomic E-state index is 12.7. The molecule has 0 aromatic carbocycles. The van der Waals surface area contributed by atoms with Gasteiger partial charge in [-0.2, -0.15) is 10.5 Å². The molecule has 0 spiro atoms. The van der Waals surface area contributed by atoms with Crippen molar-refractivity contribution in [3.63, 3.8) is 0 Å². The van der Waals surface area contributed by atoms with Crippen LogP contribution in [0.4, 0.5) is 0 Å². The molecule has 0 rings (SSSR count). The minimum Gasteiger partial charge on any atom is -0.308 e. The average molecular weight is 352 g/mol. The highest BCUT2D eigenvalue weighted by molar-refractivity contribution is 7.59. The van der Waals surface area contributed by atoms with E-state index in [-0.39, 0.29) is 26.4 Å². The summed E-state index contributed by atoms with van der Waals surface area (Å²) in [5.41, 5.74) is -3.14. The Labute approximate surface area is 131 Å². The van der Waals surface area contributed by atoms with E-state index in [1.807, 2.05) is 0 Å². The molecule has 0 saturated heterocycles. The van der Waals surface area contributed by atoms with Crippen molar-refractivity contribution in [3.8, 4) is 12.1 Å². The third-order valence-corrected chi connectivity index (χ3v) is 7.38. The van der Waals surface area contributed by atoms with Crippen LogP contribution in [0.15, 0.2) is 0 Å². The van der Waals surface area contributed by atoms with Crippen LogP contribution < -0.4 is 0 Å². The molecule has 0 N–H and O–H groups in total. The number of nitrogens with zero attached hydrogens (tertiary/aromatic N) is 2. The molecule has 10 heteroatoms. The molecule has 2 unspecified atom stereocenters. The fourth-order valence-electron chi connectivity index (χ4n) is 1.74. The Balaban J connectivity index is 5.83. The van der Waals surface area contributed by atoms with Gasteiger partial charge in [0.15, 0.2) is 11.3 Å². The predicted molar refractivity (Wildman–Crippen MR) is 80.5 cm³/mol. The molecule has 0 saturated carbocycles. The van der Waals surface area contributed by atoms with Crippen LogP contribution in [0.2, 0.25) is 0 Å². The Morgan fingerprint density at radius 3 is 1.09 bits per heavy atom. The van der Waals surface area contributed by atoms with Crippen molar-refractivity contribution in [1.29, 1.82) is 10.5 Å². The second-order valence-electron chi connectivity index (χ2n) is 3.90. The normalized spacial score (nSPS) is 14.8. The Bertz CT molecular complexity index is 447. The Hall–Kier alpha value is -0.720. The highest BCUT2D eigenvalue weighted by atomic mass is 31.2. The van der Waals surface area contributed by atoms with Crippen LogP contribution in [0.5, 0.6) is 0 Å². The maximum Gasteiger partial charge on any atom is 0.349 e. The minimum atomic E-state index is -3.96. The maximum absolute atomic E-state index is 12.7. The van der Waals surface area contributed by atoms with Crippen LogP contribution >= 0.6 is 15.2 Å². The first-order valence-corrected chi connectivity index (χ1v) is 10.2. The first kappa shape index (κ1) is 21.3. The lowest BCUT2D eigenvalue weighted by Crippen LogP contribution is -2.28. The van der Waals surface area contributed by atoms with Crippen molar-refractivity contribution in [2.75, 3.05) is 26.4 Å². The van der Waals surface area contributed by atoms with E-state index in [1.165, 1.54) is 0 Å². The number of hydrogen-bond donors (Lipinski definition) is 0. The van der Waals surface area contributed by atoms with Gasteiger partial charge in [0, 0.05) is 0 Å². The molecule has 0 amide bonds. The zero-order chi connectivity index (χ0) is 17.2. The fourth-order valence-corrected chi connectivity index (χ4v) is 6.06. The van der Waals surface area contributed by atoms with Gasteiger partial charge >= 0.3 is 15.2 Å². The Morgan fingerprint density at radius 2 is 0.955 bits per heavy atom. The molecule has 0 aliphatic heterocycles. The first-order chi connectivity index (χ1) is 10.4. The summed E-state index contributed by atoms with van der Waals surface area (Å²) in [6, 6.07) is 3.44. The molecule has 0 aliphatic rings. The van der Waals surface area contributed by atoms with E-state index >= 15 is 0 Å². The van der Waals surface area contributed by atoms with Crippen LogP contribution in [0.3, 0.4) is 0 Å². The predicted octanol–water partition coefficient (Wildman–Crippen LogP) is 3.30. The third kappa shape index (κ3) is 5.18. The van der Waals surface area contributed by atoms with Crippen LogP contribution in [-0.2, 0) is 27.2 Å². The first-order valence-electron chi connectivity index (χ1n) is 6.95. The molecule has 0 radical (unpaired) electrons. The molecular weight excluding hydrogens is 330 g/mol. The zero-order valence-electron chi connectivity index (χ0n) is 13.2. The molecule has 0 bridgehead atoms. The van der Waals surface area contributed by atoms with Gasteiger partial charge in [0.1, 0.15) is 0 Å². The SMILES string of the molecule is CCOP(=O)(OCC)C(C#N)C(C#N)P(=O)(OCC)OCC. The highest BCUT2D eigenvalue weighted by Crippen LogP contribution is 2.63. The van der Waals surface area contributed by atoms with E-state index in [2.05, 4.69) is 0 Å². The highest BCUT2D eigenvalue weighted by Gasteiger charge is 2.51. The molecular formula is C12H22N2O6P2. The quantitative estimate of drug-likeness (QED) is 0.520. The summed E-state index contributed by atoms with van der Waals surface area (Å²) >= 11 is 0. The topological polar surface area (TPSA) is 119 Å². The van der Waals surface area contributed by atoms with E-state index in [9.17, 15) is 19.7 Å². The summed E-state index contributed by atoms with van der Waals surface area (Å²) < 4.78 is 45.8. The molecule has 0 fully saturated rings. The summed E-state index contributed by atoms with van der Waals surface area (Å²) in [5, 5.41) is 18.7. The number of rotatable bonds is 11. The standard InChI is InChI=1S/C12H22N2O6P2/c1-5-17-21(15,18-6-2)11(9-13)12(10-14)22(16,19-7-3)20-8-4/h11-12H,5-8H2,1-4H3. The molecule has 0 aromatic heterocycles. The number of nitriles is 2. The molecule has 8 nitrogen and oxygen atoms in total. The summed E-state index contributed by atoms with van der Waals surface area (Å²) in [5.74, 6) is 0. The fraction of sp³-hybridized carbons (Fsp3) is 0.833. The number of hydrogen-bond acceptors (Lipinski definition) is 8. The largest absolute Gasteiger partial charge is 0.349 e. The van der Waals surface area contributed by atoms with Crippen molar-refractivity contribution in [2.45, 2.75) is 39.0 Å². The van der Waals surface area contributed by atoms with Gasteiger partial charge in [-0.15, -0.1) is 0 Å². The van der Waals surface area contributed by atoms with Gasteiger partial charge < -0.3 is 18.1 Å². The van der Waals surface area contributed by atoms with Gasteiger partial charge in [0.2, 0.25) is 0 Å². The van der Waals surface area contributed by atoms with Gasteiger partial charge in [0.25, 0.3) is 0 Å². The van der Waals surface area contributed by atoms with Gasteiger partial charge in [-0.05, 0) is 27.7 Å². The molecule has 0 aromatic rings. The van der Waals surface area contributed by atoms with E-state index < -0.39 is 26.5 Å². The van der Waals surface area contributed by atoms with Crippen molar-refractivity contribution in [3.05, 3.63) is 0 Å². The Kier molecular flexibility index (Phi) is 9.80. The average Bonchev–Trinajstić information content (AvgIpc) is 2.45. The van der Waals surface area contributed by atoms with Gasteiger partial charge in [0.05, 0.1) is 38.6 Å². The van der Waals surface area contributed by atoms with E-state index in [4.69, 9.17) is 18.1 Å². The third-order valence-electron chi connectivity index (χ3n) is 2.48. The van der Waals surface area contributed by atoms with Crippen LogP contribution in [0, 0.1) is 22.7 Å². The van der Waals surface area contributed by atoms with Crippen molar-refractivity contribution in [2.24, 2.45) is 0 Å². The van der Waals surface area contributed by atoms with E-state index in [0.29, 0.717) is 0 Å². The van der Waals surface area contributed by atoms with Gasteiger partial charge in [-0.1, -0.05) is 0 Å². The molecule has 2 atom stereocenters. The lowest BCUT2D eigenvalue weighted by Gasteiger charge is -2.28. The lowest BCUT2D eigenvalue weighted by molar-refractivity contribution is 0.203. The summed E-state index contributed by atoms with van der Waals surface area (Å²) in [6.45, 7) is 6.36. The van der Waals surface area contributed by atoms with Crippen molar-refractivity contribution < 1.29 is 27.2 Å². The van der Waals surface area contributed by atoms with Crippen LogP contribution in [-0.4, -0.2) is 37.7 Å². The lowest BCUT2D eigenvalue weighted by atomic mass is 10.3.